The minimum absolute atomic E-state index is 0.135. The maximum absolute atomic E-state index is 10.8. The second kappa shape index (κ2) is 6.03. The van der Waals surface area contributed by atoms with Crippen molar-refractivity contribution in [1.29, 1.82) is 0 Å². The van der Waals surface area contributed by atoms with Crippen molar-refractivity contribution >= 4 is 34.8 Å². The number of halogens is 1. The number of carbonyl (C=O) groups excluding carboxylic acids is 1. The molecule has 16 heavy (non-hydrogen) atoms. The average Bonchev–Trinajstić information content (AvgIpc) is 2.25. The van der Waals surface area contributed by atoms with E-state index in [1.165, 1.54) is 6.07 Å². The number of aldehydes is 1. The third-order valence-electron chi connectivity index (χ3n) is 2.00. The lowest BCUT2D eigenvalue weighted by Gasteiger charge is -2.10. The Bertz CT molecular complexity index is 381. The lowest BCUT2D eigenvalue weighted by atomic mass is 9.77. The summed E-state index contributed by atoms with van der Waals surface area (Å²) < 4.78 is 5.84. The zero-order valence-electron chi connectivity index (χ0n) is 8.81. The summed E-state index contributed by atoms with van der Waals surface area (Å²) in [5.41, 5.74) is 0.356. The molecule has 0 heterocycles. The molecule has 0 aliphatic heterocycles. The van der Waals surface area contributed by atoms with Crippen molar-refractivity contribution in [1.82, 2.24) is 0 Å². The van der Waals surface area contributed by atoms with Gasteiger partial charge in [-0.15, -0.1) is 0 Å². The van der Waals surface area contributed by atoms with E-state index >= 15 is 0 Å². The Morgan fingerprint density at radius 3 is 2.69 bits per heavy atom. The van der Waals surface area contributed by atoms with Gasteiger partial charge < -0.3 is 14.8 Å². The number of rotatable bonds is 5. The Balaban J connectivity index is 3.12. The van der Waals surface area contributed by atoms with Gasteiger partial charge in [0.05, 0.1) is 6.61 Å². The number of hydrogen-bond acceptors (Lipinski definition) is 4. The lowest BCUT2D eigenvalue weighted by Crippen LogP contribution is -2.33. The first kappa shape index (κ1) is 13.2. The maximum Gasteiger partial charge on any atom is 0.489 e. The summed E-state index contributed by atoms with van der Waals surface area (Å²) >= 11 is 3.18. The average molecular weight is 287 g/mol. The highest BCUT2D eigenvalue weighted by atomic mass is 79.9. The predicted octanol–water partition coefficient (Wildman–Crippen LogP) is 0.730. The number of hydrogen-bond donors (Lipinski definition) is 2. The molecule has 0 unspecified atom stereocenters. The molecule has 0 spiro atoms. The molecule has 0 atom stereocenters. The first-order valence-electron chi connectivity index (χ1n) is 4.87. The quantitative estimate of drug-likeness (QED) is 0.619. The molecule has 0 amide bonds. The summed E-state index contributed by atoms with van der Waals surface area (Å²) in [7, 11) is -1.69. The van der Waals surface area contributed by atoms with Gasteiger partial charge in [0.2, 0.25) is 0 Å². The monoisotopic (exact) mass is 286 g/mol. The Kier molecular flexibility index (Phi) is 4.98. The van der Waals surface area contributed by atoms with Crippen molar-refractivity contribution < 1.29 is 19.6 Å². The van der Waals surface area contributed by atoms with Crippen molar-refractivity contribution in [2.24, 2.45) is 0 Å². The molecule has 0 saturated heterocycles. The van der Waals surface area contributed by atoms with Gasteiger partial charge in [-0.3, -0.25) is 4.79 Å². The molecule has 0 radical (unpaired) electrons. The van der Waals surface area contributed by atoms with Crippen LogP contribution in [0.2, 0.25) is 0 Å². The third kappa shape index (κ3) is 3.07. The van der Waals surface area contributed by atoms with Crippen molar-refractivity contribution in [3.63, 3.8) is 0 Å². The van der Waals surface area contributed by atoms with E-state index in [9.17, 15) is 4.79 Å². The summed E-state index contributed by atoms with van der Waals surface area (Å²) in [5.74, 6) is 0.502. The van der Waals surface area contributed by atoms with Crippen LogP contribution in [0, 0.1) is 0 Å². The van der Waals surface area contributed by atoms with E-state index in [4.69, 9.17) is 14.8 Å². The summed E-state index contributed by atoms with van der Waals surface area (Å²) in [5, 5.41) is 18.3. The molecule has 0 bridgehead atoms. The normalized spacial score (nSPS) is 10.0. The number of ether oxygens (including phenoxy) is 1. The van der Waals surface area contributed by atoms with Crippen LogP contribution in [0.15, 0.2) is 16.6 Å². The highest BCUT2D eigenvalue weighted by Crippen LogP contribution is 2.21. The minimum atomic E-state index is -1.69. The van der Waals surface area contributed by atoms with E-state index in [1.54, 1.807) is 6.07 Å². The highest BCUT2D eigenvalue weighted by molar-refractivity contribution is 9.10. The molecule has 0 aliphatic carbocycles. The van der Waals surface area contributed by atoms with Crippen LogP contribution >= 0.6 is 15.9 Å². The van der Waals surface area contributed by atoms with Crippen LogP contribution < -0.4 is 10.2 Å². The van der Waals surface area contributed by atoms with Crippen LogP contribution in [0.25, 0.3) is 0 Å². The van der Waals surface area contributed by atoms with Gasteiger partial charge in [-0.1, -0.05) is 6.92 Å². The summed E-state index contributed by atoms with van der Waals surface area (Å²) in [6.07, 6.45) is 1.42. The maximum atomic E-state index is 10.8. The molecule has 0 saturated carbocycles. The number of benzene rings is 1. The molecular formula is C10H12BBrO4. The molecule has 1 rings (SSSR count). The molecule has 0 aliphatic rings. The SMILES string of the molecule is CCCOc1cc(Br)c(C=O)c(B(O)O)c1. The van der Waals surface area contributed by atoms with Gasteiger partial charge in [-0.25, -0.2) is 0 Å². The van der Waals surface area contributed by atoms with Crippen LogP contribution in [0.5, 0.6) is 5.75 Å². The van der Waals surface area contributed by atoms with Gasteiger partial charge in [0, 0.05) is 10.0 Å². The van der Waals surface area contributed by atoms with E-state index < -0.39 is 7.12 Å². The second-order valence-electron chi connectivity index (χ2n) is 3.25. The Labute approximate surface area is 103 Å². The van der Waals surface area contributed by atoms with E-state index in [0.29, 0.717) is 23.1 Å². The van der Waals surface area contributed by atoms with Gasteiger partial charge in [-0.2, -0.15) is 0 Å². The van der Waals surface area contributed by atoms with E-state index in [2.05, 4.69) is 15.9 Å². The smallest absolute Gasteiger partial charge is 0.489 e. The van der Waals surface area contributed by atoms with Gasteiger partial charge in [0.25, 0.3) is 0 Å². The predicted molar refractivity (Wildman–Crippen MR) is 65.1 cm³/mol. The van der Waals surface area contributed by atoms with Crippen molar-refractivity contribution in [3.8, 4) is 5.75 Å². The molecule has 1 aromatic rings. The Morgan fingerprint density at radius 2 is 2.19 bits per heavy atom. The summed E-state index contributed by atoms with van der Waals surface area (Å²) in [6.45, 7) is 2.50. The molecule has 0 fully saturated rings. The van der Waals surface area contributed by atoms with Crippen LogP contribution in [0.3, 0.4) is 0 Å². The van der Waals surface area contributed by atoms with Crippen LogP contribution in [0.4, 0.5) is 0 Å². The van der Waals surface area contributed by atoms with Gasteiger partial charge in [0.1, 0.15) is 5.75 Å². The lowest BCUT2D eigenvalue weighted by molar-refractivity contribution is 0.112. The largest absolute Gasteiger partial charge is 0.494 e. The molecular weight excluding hydrogens is 275 g/mol. The summed E-state index contributed by atoms with van der Waals surface area (Å²) in [6, 6.07) is 3.08. The van der Waals surface area contributed by atoms with Gasteiger partial charge in [-0.05, 0) is 39.9 Å². The van der Waals surface area contributed by atoms with E-state index in [1.807, 2.05) is 6.92 Å². The van der Waals surface area contributed by atoms with E-state index in [-0.39, 0.29) is 11.0 Å². The van der Waals surface area contributed by atoms with Gasteiger partial charge >= 0.3 is 7.12 Å². The summed E-state index contributed by atoms with van der Waals surface area (Å²) in [4.78, 5) is 10.8. The topological polar surface area (TPSA) is 66.8 Å². The fraction of sp³-hybridized carbons (Fsp3) is 0.300. The van der Waals surface area contributed by atoms with Crippen LogP contribution in [0.1, 0.15) is 23.7 Å². The fourth-order valence-electron chi connectivity index (χ4n) is 1.25. The van der Waals surface area contributed by atoms with Crippen molar-refractivity contribution in [2.75, 3.05) is 6.61 Å². The highest BCUT2D eigenvalue weighted by Gasteiger charge is 2.19. The second-order valence-corrected chi connectivity index (χ2v) is 4.10. The minimum Gasteiger partial charge on any atom is -0.494 e. The van der Waals surface area contributed by atoms with E-state index in [0.717, 1.165) is 6.42 Å². The third-order valence-corrected chi connectivity index (χ3v) is 2.66. The molecule has 86 valence electrons. The van der Waals surface area contributed by atoms with Crippen LogP contribution in [-0.4, -0.2) is 30.1 Å². The standard InChI is InChI=1S/C10H12BBrO4/c1-2-3-16-7-4-9(11(14)15)8(6-13)10(12)5-7/h4-6,14-15H,2-3H2,1H3. The van der Waals surface area contributed by atoms with Gasteiger partial charge in [0.15, 0.2) is 6.29 Å². The molecule has 6 heteroatoms. The molecule has 0 aromatic heterocycles. The number of carbonyl (C=O) groups is 1. The molecule has 2 N–H and O–H groups in total. The first-order chi connectivity index (χ1) is 7.60. The molecule has 4 nitrogen and oxygen atoms in total. The zero-order chi connectivity index (χ0) is 12.1. The Morgan fingerprint density at radius 1 is 1.50 bits per heavy atom. The molecule has 1 aromatic carbocycles. The van der Waals surface area contributed by atoms with Crippen molar-refractivity contribution in [2.45, 2.75) is 13.3 Å². The zero-order valence-corrected chi connectivity index (χ0v) is 10.4. The fourth-order valence-corrected chi connectivity index (χ4v) is 1.80. The first-order valence-corrected chi connectivity index (χ1v) is 5.67. The Hall–Kier alpha value is -0.845. The van der Waals surface area contributed by atoms with Crippen LogP contribution in [-0.2, 0) is 0 Å². The van der Waals surface area contributed by atoms with Crippen molar-refractivity contribution in [3.05, 3.63) is 22.2 Å².